The maximum absolute atomic E-state index is 12.1. The molecule has 1 atom stereocenters. The zero-order chi connectivity index (χ0) is 14.0. The van der Waals surface area contributed by atoms with Crippen molar-refractivity contribution in [3.8, 4) is 0 Å². The van der Waals surface area contributed by atoms with Crippen LogP contribution in [0.5, 0.6) is 0 Å². The Balaban J connectivity index is 2.14. The molecule has 4 nitrogen and oxygen atoms in total. The number of nitrogens with one attached hydrogen (secondary N) is 1. The molecule has 1 aromatic heterocycles. The summed E-state index contributed by atoms with van der Waals surface area (Å²) in [6, 6.07) is 4.90. The highest BCUT2D eigenvalue weighted by molar-refractivity contribution is 6.31. The van der Waals surface area contributed by atoms with Crippen molar-refractivity contribution < 1.29 is 4.79 Å². The van der Waals surface area contributed by atoms with Crippen LogP contribution < -0.4 is 5.32 Å². The molecule has 1 heterocycles. The van der Waals surface area contributed by atoms with E-state index >= 15 is 0 Å². The normalized spacial score (nSPS) is 12.2. The second kappa shape index (κ2) is 5.63. The van der Waals surface area contributed by atoms with Gasteiger partial charge in [-0.1, -0.05) is 29.3 Å². The third-order valence-corrected chi connectivity index (χ3v) is 3.23. The van der Waals surface area contributed by atoms with Gasteiger partial charge in [0.05, 0.1) is 11.2 Å². The van der Waals surface area contributed by atoms with Crippen LogP contribution in [0.2, 0.25) is 10.0 Å². The number of benzene rings is 1. The Kier molecular flexibility index (Phi) is 4.12. The summed E-state index contributed by atoms with van der Waals surface area (Å²) < 4.78 is 1.51. The van der Waals surface area contributed by atoms with Crippen molar-refractivity contribution in [2.45, 2.75) is 19.9 Å². The lowest BCUT2D eigenvalue weighted by molar-refractivity contribution is -0.119. The largest absolute Gasteiger partial charge is 0.324 e. The summed E-state index contributed by atoms with van der Waals surface area (Å²) in [7, 11) is 0. The van der Waals surface area contributed by atoms with Crippen LogP contribution >= 0.6 is 23.2 Å². The van der Waals surface area contributed by atoms with Crippen LogP contribution in [0.25, 0.3) is 0 Å². The minimum absolute atomic E-state index is 0.176. The van der Waals surface area contributed by atoms with Crippen molar-refractivity contribution in [3.63, 3.8) is 0 Å². The summed E-state index contributed by atoms with van der Waals surface area (Å²) >= 11 is 11.7. The van der Waals surface area contributed by atoms with E-state index in [1.165, 1.54) is 10.9 Å². The fraction of sp³-hybridized carbons (Fsp3) is 0.231. The number of nitrogens with zero attached hydrogens (tertiary/aromatic N) is 2. The van der Waals surface area contributed by atoms with Crippen molar-refractivity contribution in [1.82, 2.24) is 9.78 Å². The molecule has 1 unspecified atom stereocenters. The van der Waals surface area contributed by atoms with Crippen LogP contribution in [0, 0.1) is 6.92 Å². The molecule has 2 aromatic rings. The van der Waals surface area contributed by atoms with Gasteiger partial charge in [0.1, 0.15) is 6.04 Å². The molecule has 0 spiro atoms. The number of aromatic nitrogens is 2. The highest BCUT2D eigenvalue weighted by Gasteiger charge is 2.16. The number of hydrogen-bond acceptors (Lipinski definition) is 2. The number of carbonyl (C=O) groups is 1. The first kappa shape index (κ1) is 13.9. The fourth-order valence-corrected chi connectivity index (χ4v) is 1.93. The Hall–Kier alpha value is -1.52. The van der Waals surface area contributed by atoms with E-state index in [0.29, 0.717) is 15.7 Å². The Labute approximate surface area is 121 Å². The Morgan fingerprint density at radius 1 is 1.37 bits per heavy atom. The minimum atomic E-state index is -0.453. The molecule has 0 aliphatic carbocycles. The molecule has 1 amide bonds. The number of halogens is 2. The molecule has 0 radical (unpaired) electrons. The molecule has 0 aliphatic heterocycles. The SMILES string of the molecule is Cc1ccc(Cl)cc1NC(=O)C(C)n1cc(Cl)cn1. The van der Waals surface area contributed by atoms with Gasteiger partial charge in [0.25, 0.3) is 0 Å². The van der Waals surface area contributed by atoms with Gasteiger partial charge in [-0.05, 0) is 31.5 Å². The fourth-order valence-electron chi connectivity index (χ4n) is 1.61. The first-order valence-corrected chi connectivity index (χ1v) is 6.49. The van der Waals surface area contributed by atoms with E-state index in [-0.39, 0.29) is 5.91 Å². The van der Waals surface area contributed by atoms with E-state index in [0.717, 1.165) is 5.56 Å². The highest BCUT2D eigenvalue weighted by atomic mass is 35.5. The van der Waals surface area contributed by atoms with Crippen molar-refractivity contribution in [1.29, 1.82) is 0 Å². The van der Waals surface area contributed by atoms with E-state index < -0.39 is 6.04 Å². The maximum atomic E-state index is 12.1. The minimum Gasteiger partial charge on any atom is -0.324 e. The van der Waals surface area contributed by atoms with Gasteiger partial charge in [0.15, 0.2) is 0 Å². The molecule has 0 fully saturated rings. The summed E-state index contributed by atoms with van der Waals surface area (Å²) in [6.45, 7) is 3.65. The molecule has 0 saturated carbocycles. The standard InChI is InChI=1S/C13H13Cl2N3O/c1-8-3-4-10(14)5-12(8)17-13(19)9(2)18-7-11(15)6-16-18/h3-7,9H,1-2H3,(H,17,19). The van der Waals surface area contributed by atoms with E-state index in [1.54, 1.807) is 25.3 Å². The van der Waals surface area contributed by atoms with E-state index in [9.17, 15) is 4.79 Å². The first-order valence-electron chi connectivity index (χ1n) is 5.74. The van der Waals surface area contributed by atoms with Gasteiger partial charge in [-0.3, -0.25) is 9.48 Å². The van der Waals surface area contributed by atoms with Gasteiger partial charge in [-0.15, -0.1) is 0 Å². The van der Waals surface area contributed by atoms with Crippen LogP contribution in [-0.4, -0.2) is 15.7 Å². The average molecular weight is 298 g/mol. The molecule has 0 saturated heterocycles. The molecule has 0 bridgehead atoms. The van der Waals surface area contributed by atoms with E-state index in [2.05, 4.69) is 10.4 Å². The van der Waals surface area contributed by atoms with Crippen LogP contribution in [0.3, 0.4) is 0 Å². The lowest BCUT2D eigenvalue weighted by atomic mass is 10.2. The van der Waals surface area contributed by atoms with Crippen LogP contribution in [0.1, 0.15) is 18.5 Å². The smallest absolute Gasteiger partial charge is 0.248 e. The number of hydrogen-bond donors (Lipinski definition) is 1. The zero-order valence-electron chi connectivity index (χ0n) is 10.5. The predicted octanol–water partition coefficient (Wildman–Crippen LogP) is 3.70. The summed E-state index contributed by atoms with van der Waals surface area (Å²) in [4.78, 5) is 12.1. The van der Waals surface area contributed by atoms with Crippen molar-refractivity contribution in [2.24, 2.45) is 0 Å². The predicted molar refractivity (Wildman–Crippen MR) is 76.8 cm³/mol. The Morgan fingerprint density at radius 2 is 2.11 bits per heavy atom. The molecule has 1 N–H and O–H groups in total. The molecule has 0 aliphatic rings. The van der Waals surface area contributed by atoms with Gasteiger partial charge in [-0.25, -0.2) is 0 Å². The van der Waals surface area contributed by atoms with Crippen molar-refractivity contribution in [3.05, 3.63) is 46.2 Å². The number of anilines is 1. The highest BCUT2D eigenvalue weighted by Crippen LogP contribution is 2.21. The summed E-state index contributed by atoms with van der Waals surface area (Å²) in [6.07, 6.45) is 3.10. The third-order valence-electron chi connectivity index (χ3n) is 2.80. The monoisotopic (exact) mass is 297 g/mol. The first-order chi connectivity index (χ1) is 8.97. The molecule has 19 heavy (non-hydrogen) atoms. The zero-order valence-corrected chi connectivity index (χ0v) is 12.0. The topological polar surface area (TPSA) is 46.9 Å². The number of amides is 1. The summed E-state index contributed by atoms with van der Waals surface area (Å²) in [5, 5.41) is 7.93. The molecule has 6 heteroatoms. The lowest BCUT2D eigenvalue weighted by Crippen LogP contribution is -2.24. The van der Waals surface area contributed by atoms with Crippen LogP contribution in [0.4, 0.5) is 5.69 Å². The van der Waals surface area contributed by atoms with Gasteiger partial charge < -0.3 is 5.32 Å². The van der Waals surface area contributed by atoms with Crippen molar-refractivity contribution in [2.75, 3.05) is 5.32 Å². The maximum Gasteiger partial charge on any atom is 0.248 e. The Morgan fingerprint density at radius 3 is 2.74 bits per heavy atom. The lowest BCUT2D eigenvalue weighted by Gasteiger charge is -2.14. The van der Waals surface area contributed by atoms with Gasteiger partial charge in [-0.2, -0.15) is 5.10 Å². The molecular weight excluding hydrogens is 285 g/mol. The number of rotatable bonds is 3. The van der Waals surface area contributed by atoms with E-state index in [1.807, 2.05) is 13.0 Å². The van der Waals surface area contributed by atoms with Gasteiger partial charge in [0.2, 0.25) is 5.91 Å². The average Bonchev–Trinajstić information content (AvgIpc) is 2.79. The van der Waals surface area contributed by atoms with Crippen LogP contribution in [-0.2, 0) is 4.79 Å². The Bertz CT molecular complexity index is 610. The summed E-state index contributed by atoms with van der Waals surface area (Å²) in [5.74, 6) is -0.176. The van der Waals surface area contributed by atoms with Gasteiger partial charge >= 0.3 is 0 Å². The van der Waals surface area contributed by atoms with E-state index in [4.69, 9.17) is 23.2 Å². The second-order valence-electron chi connectivity index (χ2n) is 4.26. The molecule has 1 aromatic carbocycles. The van der Waals surface area contributed by atoms with Gasteiger partial charge in [0, 0.05) is 16.9 Å². The molecule has 2 rings (SSSR count). The number of carbonyl (C=O) groups excluding carboxylic acids is 1. The summed E-state index contributed by atoms with van der Waals surface area (Å²) in [5.41, 5.74) is 1.64. The molecular formula is C13H13Cl2N3O. The molecule has 100 valence electrons. The quantitative estimate of drug-likeness (QED) is 0.939. The second-order valence-corrected chi connectivity index (χ2v) is 5.14. The third kappa shape index (κ3) is 3.28. The number of aryl methyl sites for hydroxylation is 1. The van der Waals surface area contributed by atoms with Crippen molar-refractivity contribution >= 4 is 34.8 Å². The van der Waals surface area contributed by atoms with Crippen LogP contribution in [0.15, 0.2) is 30.6 Å².